The van der Waals surface area contributed by atoms with E-state index in [1.54, 1.807) is 23.7 Å². The number of anilines is 1. The molecule has 1 heterocycles. The van der Waals surface area contributed by atoms with Gasteiger partial charge in [0.25, 0.3) is 5.91 Å². The third-order valence-corrected chi connectivity index (χ3v) is 4.21. The maximum absolute atomic E-state index is 13.0. The number of rotatable bonds is 6. The molecule has 0 aliphatic carbocycles. The van der Waals surface area contributed by atoms with Gasteiger partial charge in [-0.15, -0.1) is 0 Å². The average Bonchev–Trinajstić information content (AvgIpc) is 2.91. The minimum atomic E-state index is -2.92. The Balaban J connectivity index is 1.74. The molecular weight excluding hydrogens is 371 g/mol. The third kappa shape index (κ3) is 4.51. The molecule has 3 rings (SSSR count). The van der Waals surface area contributed by atoms with E-state index in [0.717, 1.165) is 11.3 Å². The molecule has 1 amide bonds. The van der Waals surface area contributed by atoms with Gasteiger partial charge < -0.3 is 10.1 Å². The van der Waals surface area contributed by atoms with E-state index in [0.29, 0.717) is 23.5 Å². The topological polar surface area (TPSA) is 56.2 Å². The van der Waals surface area contributed by atoms with Crippen LogP contribution in [0.25, 0.3) is 0 Å². The van der Waals surface area contributed by atoms with Crippen LogP contribution in [-0.2, 0) is 6.54 Å². The largest absolute Gasteiger partial charge is 0.435 e. The normalized spacial score (nSPS) is 10.9. The van der Waals surface area contributed by atoms with Gasteiger partial charge in [-0.05, 0) is 55.8 Å². The van der Waals surface area contributed by atoms with E-state index in [9.17, 15) is 18.0 Å². The van der Waals surface area contributed by atoms with Gasteiger partial charge in [-0.2, -0.15) is 13.9 Å². The standard InChI is InChI=1S/C20H18F3N3O2/c1-12-18(13(2)26(25-12)11-14-3-7-16(21)8-4-14)24-19(27)15-5-9-17(10-6-15)28-20(22)23/h3-10,20H,11H2,1-2H3,(H,24,27). The molecule has 0 bridgehead atoms. The molecule has 28 heavy (non-hydrogen) atoms. The van der Waals surface area contributed by atoms with E-state index in [2.05, 4.69) is 15.2 Å². The molecule has 0 unspecified atom stereocenters. The summed E-state index contributed by atoms with van der Waals surface area (Å²) >= 11 is 0. The number of hydrogen-bond donors (Lipinski definition) is 1. The maximum atomic E-state index is 13.0. The Kier molecular flexibility index (Phi) is 5.67. The number of aryl methyl sites for hydroxylation is 1. The van der Waals surface area contributed by atoms with Crippen molar-refractivity contribution in [2.24, 2.45) is 0 Å². The Morgan fingerprint density at radius 1 is 1.11 bits per heavy atom. The summed E-state index contributed by atoms with van der Waals surface area (Å²) in [5.41, 5.74) is 3.12. The molecule has 0 aliphatic heterocycles. The monoisotopic (exact) mass is 389 g/mol. The van der Waals surface area contributed by atoms with Crippen molar-refractivity contribution >= 4 is 11.6 Å². The minimum absolute atomic E-state index is 0.0222. The number of carbonyl (C=O) groups is 1. The summed E-state index contributed by atoms with van der Waals surface area (Å²) < 4.78 is 43.5. The van der Waals surface area contributed by atoms with Crippen molar-refractivity contribution in [2.75, 3.05) is 5.32 Å². The van der Waals surface area contributed by atoms with Crippen LogP contribution in [0.2, 0.25) is 0 Å². The van der Waals surface area contributed by atoms with Crippen molar-refractivity contribution < 1.29 is 22.7 Å². The van der Waals surface area contributed by atoms with Crippen LogP contribution in [0.1, 0.15) is 27.3 Å². The van der Waals surface area contributed by atoms with Crippen molar-refractivity contribution in [1.82, 2.24) is 9.78 Å². The highest BCUT2D eigenvalue weighted by molar-refractivity contribution is 6.04. The van der Waals surface area contributed by atoms with Crippen molar-refractivity contribution in [3.05, 3.63) is 76.9 Å². The zero-order chi connectivity index (χ0) is 20.3. The Morgan fingerprint density at radius 3 is 2.36 bits per heavy atom. The van der Waals surface area contributed by atoms with Crippen LogP contribution < -0.4 is 10.1 Å². The number of carbonyl (C=O) groups excluding carboxylic acids is 1. The summed E-state index contributed by atoms with van der Waals surface area (Å²) in [4.78, 5) is 12.5. The molecule has 2 aromatic carbocycles. The first-order chi connectivity index (χ1) is 13.3. The molecule has 146 valence electrons. The Bertz CT molecular complexity index is 968. The van der Waals surface area contributed by atoms with Gasteiger partial charge >= 0.3 is 6.61 Å². The van der Waals surface area contributed by atoms with Gasteiger partial charge in [0.15, 0.2) is 0 Å². The third-order valence-electron chi connectivity index (χ3n) is 4.21. The molecule has 0 aliphatic rings. The number of nitrogens with zero attached hydrogens (tertiary/aromatic N) is 2. The lowest BCUT2D eigenvalue weighted by atomic mass is 10.2. The van der Waals surface area contributed by atoms with Crippen LogP contribution in [0.3, 0.4) is 0 Å². The minimum Gasteiger partial charge on any atom is -0.435 e. The van der Waals surface area contributed by atoms with Crippen LogP contribution in [0.15, 0.2) is 48.5 Å². The summed E-state index contributed by atoms with van der Waals surface area (Å²) in [6.07, 6.45) is 0. The van der Waals surface area contributed by atoms with E-state index in [-0.39, 0.29) is 11.6 Å². The molecule has 8 heteroatoms. The van der Waals surface area contributed by atoms with Gasteiger partial charge in [-0.25, -0.2) is 4.39 Å². The van der Waals surface area contributed by atoms with E-state index >= 15 is 0 Å². The molecular formula is C20H18F3N3O2. The second kappa shape index (κ2) is 8.16. The molecule has 0 spiro atoms. The van der Waals surface area contributed by atoms with Gasteiger partial charge in [-0.3, -0.25) is 9.48 Å². The fraction of sp³-hybridized carbons (Fsp3) is 0.200. The molecule has 1 aromatic heterocycles. The lowest BCUT2D eigenvalue weighted by molar-refractivity contribution is -0.0498. The second-order valence-electron chi connectivity index (χ2n) is 6.19. The highest BCUT2D eigenvalue weighted by Gasteiger charge is 2.16. The summed E-state index contributed by atoms with van der Waals surface area (Å²) in [7, 11) is 0. The van der Waals surface area contributed by atoms with E-state index in [1.165, 1.54) is 36.4 Å². The lowest BCUT2D eigenvalue weighted by Crippen LogP contribution is -2.13. The highest BCUT2D eigenvalue weighted by Crippen LogP contribution is 2.22. The van der Waals surface area contributed by atoms with Gasteiger partial charge in [0.2, 0.25) is 0 Å². The fourth-order valence-corrected chi connectivity index (χ4v) is 2.77. The van der Waals surface area contributed by atoms with E-state index < -0.39 is 12.5 Å². The second-order valence-corrected chi connectivity index (χ2v) is 6.19. The smallest absolute Gasteiger partial charge is 0.387 e. The highest BCUT2D eigenvalue weighted by atomic mass is 19.3. The number of amides is 1. The summed E-state index contributed by atoms with van der Waals surface area (Å²) in [6.45, 7) is 1.10. The predicted molar refractivity (Wildman–Crippen MR) is 98.2 cm³/mol. The summed E-state index contributed by atoms with van der Waals surface area (Å²) in [5.74, 6) is -0.725. The summed E-state index contributed by atoms with van der Waals surface area (Å²) in [6, 6.07) is 11.5. The Labute approximate surface area is 159 Å². The molecule has 0 fully saturated rings. The van der Waals surface area contributed by atoms with Crippen molar-refractivity contribution in [1.29, 1.82) is 0 Å². The molecule has 0 saturated heterocycles. The van der Waals surface area contributed by atoms with Crippen LogP contribution in [-0.4, -0.2) is 22.3 Å². The Hall–Kier alpha value is -3.29. The number of alkyl halides is 2. The van der Waals surface area contributed by atoms with Crippen LogP contribution >= 0.6 is 0 Å². The zero-order valence-electron chi connectivity index (χ0n) is 15.2. The number of halogens is 3. The first-order valence-electron chi connectivity index (χ1n) is 8.48. The molecule has 5 nitrogen and oxygen atoms in total. The van der Waals surface area contributed by atoms with Gasteiger partial charge in [0, 0.05) is 5.56 Å². The number of aromatic nitrogens is 2. The van der Waals surface area contributed by atoms with Gasteiger partial charge in [0.1, 0.15) is 11.6 Å². The van der Waals surface area contributed by atoms with Crippen LogP contribution in [0, 0.1) is 19.7 Å². The predicted octanol–water partition coefficient (Wildman–Crippen LogP) is 4.54. The first kappa shape index (κ1) is 19.5. The van der Waals surface area contributed by atoms with E-state index in [1.807, 2.05) is 6.92 Å². The zero-order valence-corrected chi connectivity index (χ0v) is 15.2. The SMILES string of the molecule is Cc1nn(Cc2ccc(F)cc2)c(C)c1NC(=O)c1ccc(OC(F)F)cc1. The van der Waals surface area contributed by atoms with Crippen LogP contribution in [0.4, 0.5) is 18.9 Å². The molecule has 0 saturated carbocycles. The molecule has 0 atom stereocenters. The molecule has 3 aromatic rings. The average molecular weight is 389 g/mol. The number of hydrogen-bond acceptors (Lipinski definition) is 3. The molecule has 1 N–H and O–H groups in total. The fourth-order valence-electron chi connectivity index (χ4n) is 2.77. The quantitative estimate of drug-likeness (QED) is 0.673. The maximum Gasteiger partial charge on any atom is 0.387 e. The van der Waals surface area contributed by atoms with E-state index in [4.69, 9.17) is 0 Å². The van der Waals surface area contributed by atoms with Crippen LogP contribution in [0.5, 0.6) is 5.75 Å². The first-order valence-corrected chi connectivity index (χ1v) is 8.48. The lowest BCUT2D eigenvalue weighted by Gasteiger charge is -2.08. The van der Waals surface area contributed by atoms with Crippen molar-refractivity contribution in [3.8, 4) is 5.75 Å². The molecule has 0 radical (unpaired) electrons. The number of nitrogens with one attached hydrogen (secondary N) is 1. The van der Waals surface area contributed by atoms with Crippen molar-refractivity contribution in [2.45, 2.75) is 27.0 Å². The Morgan fingerprint density at radius 2 is 1.75 bits per heavy atom. The summed E-state index contributed by atoms with van der Waals surface area (Å²) in [5, 5.41) is 7.23. The van der Waals surface area contributed by atoms with Crippen molar-refractivity contribution in [3.63, 3.8) is 0 Å². The van der Waals surface area contributed by atoms with Gasteiger partial charge in [0.05, 0.1) is 23.6 Å². The van der Waals surface area contributed by atoms with Gasteiger partial charge in [-0.1, -0.05) is 12.1 Å². The number of benzene rings is 2. The number of ether oxygens (including phenoxy) is 1.